The fourth-order valence-corrected chi connectivity index (χ4v) is 8.42. The van der Waals surface area contributed by atoms with Gasteiger partial charge in [0.05, 0.1) is 17.1 Å². The van der Waals surface area contributed by atoms with Crippen molar-refractivity contribution >= 4 is 38.8 Å². The van der Waals surface area contributed by atoms with Crippen LogP contribution in [0.3, 0.4) is 0 Å². The second-order valence-corrected chi connectivity index (χ2v) is 14.5. The molecule has 266 valence electrons. The van der Waals surface area contributed by atoms with Gasteiger partial charge in [0.2, 0.25) is 0 Å². The van der Waals surface area contributed by atoms with Crippen LogP contribution in [0.1, 0.15) is 12.0 Å². The van der Waals surface area contributed by atoms with Gasteiger partial charge < -0.3 is 9.47 Å². The third kappa shape index (κ3) is 6.22. The smallest absolute Gasteiger partial charge is 0.0560 e. The zero-order valence-corrected chi connectivity index (χ0v) is 31.0. The molecule has 0 radical (unpaired) electrons. The summed E-state index contributed by atoms with van der Waals surface area (Å²) in [6, 6.07) is 74.7. The Morgan fingerprint density at radius 2 is 0.982 bits per heavy atom. The minimum Gasteiger partial charge on any atom is -0.334 e. The van der Waals surface area contributed by atoms with Crippen LogP contribution >= 0.6 is 0 Å². The first-order valence-electron chi connectivity index (χ1n) is 19.5. The number of rotatable bonds is 8. The van der Waals surface area contributed by atoms with E-state index < -0.39 is 0 Å². The molecule has 1 unspecified atom stereocenters. The molecule has 2 nitrogen and oxygen atoms in total. The molecule has 0 aliphatic heterocycles. The lowest BCUT2D eigenvalue weighted by Gasteiger charge is -2.33. The van der Waals surface area contributed by atoms with Crippen molar-refractivity contribution in [1.29, 1.82) is 0 Å². The molecule has 56 heavy (non-hydrogen) atoms. The van der Waals surface area contributed by atoms with Gasteiger partial charge in [-0.05, 0) is 99.5 Å². The lowest BCUT2D eigenvalue weighted by Crippen LogP contribution is -2.30. The van der Waals surface area contributed by atoms with E-state index in [0.29, 0.717) is 0 Å². The van der Waals surface area contributed by atoms with E-state index in [1.165, 1.54) is 77.7 Å². The lowest BCUT2D eigenvalue weighted by molar-refractivity contribution is 0.787. The number of anilines is 2. The summed E-state index contributed by atoms with van der Waals surface area (Å²) in [5.74, 6) is 0. The van der Waals surface area contributed by atoms with E-state index in [2.05, 4.69) is 234 Å². The van der Waals surface area contributed by atoms with Gasteiger partial charge in [-0.3, -0.25) is 0 Å². The normalized spacial score (nSPS) is 13.9. The predicted molar refractivity (Wildman–Crippen MR) is 238 cm³/mol. The summed E-state index contributed by atoms with van der Waals surface area (Å²) in [5.41, 5.74) is 15.7. The zero-order chi connectivity index (χ0) is 37.3. The molecule has 1 aliphatic rings. The molecule has 1 heterocycles. The minimum absolute atomic E-state index is 0.150. The Kier molecular flexibility index (Phi) is 8.70. The largest absolute Gasteiger partial charge is 0.334 e. The molecule has 1 atom stereocenters. The number of allylic oxidation sites excluding steroid dienone is 2. The maximum absolute atomic E-state index is 2.50. The van der Waals surface area contributed by atoms with Gasteiger partial charge in [0, 0.05) is 27.8 Å². The average molecular weight is 717 g/mol. The van der Waals surface area contributed by atoms with E-state index in [4.69, 9.17) is 0 Å². The SMILES string of the molecule is C1=CC(N(c2ccc(-c3ccccc3)cc2)c2cccc(-c3cccc4c3c3ccccc3n4-c3ccc(-c4ccccc4)cc3)c2)CC=C1c1ccccc1. The van der Waals surface area contributed by atoms with Crippen LogP contribution < -0.4 is 4.90 Å². The van der Waals surface area contributed by atoms with E-state index >= 15 is 0 Å². The van der Waals surface area contributed by atoms with Gasteiger partial charge in [-0.25, -0.2) is 0 Å². The summed E-state index contributed by atoms with van der Waals surface area (Å²) >= 11 is 0. The summed E-state index contributed by atoms with van der Waals surface area (Å²) in [4.78, 5) is 2.50. The predicted octanol–water partition coefficient (Wildman–Crippen LogP) is 14.3. The van der Waals surface area contributed by atoms with Crippen molar-refractivity contribution in [2.24, 2.45) is 0 Å². The van der Waals surface area contributed by atoms with Crippen molar-refractivity contribution in [3.63, 3.8) is 0 Å². The van der Waals surface area contributed by atoms with E-state index in [9.17, 15) is 0 Å². The van der Waals surface area contributed by atoms with Crippen LogP contribution in [0, 0.1) is 0 Å². The number of para-hydroxylation sites is 1. The second-order valence-electron chi connectivity index (χ2n) is 14.5. The van der Waals surface area contributed by atoms with E-state index in [-0.39, 0.29) is 6.04 Å². The average Bonchev–Trinajstić information content (AvgIpc) is 3.63. The summed E-state index contributed by atoms with van der Waals surface area (Å²) in [7, 11) is 0. The molecular formula is C54H40N2. The van der Waals surface area contributed by atoms with Crippen LogP contribution in [0.2, 0.25) is 0 Å². The molecule has 8 aromatic carbocycles. The molecule has 0 bridgehead atoms. The molecule has 1 aliphatic carbocycles. The molecule has 1 aromatic heterocycles. The topological polar surface area (TPSA) is 8.17 Å². The third-order valence-electron chi connectivity index (χ3n) is 11.1. The Morgan fingerprint density at radius 1 is 0.429 bits per heavy atom. The highest BCUT2D eigenvalue weighted by molar-refractivity contribution is 6.15. The quantitative estimate of drug-likeness (QED) is 0.152. The summed E-state index contributed by atoms with van der Waals surface area (Å²) in [5, 5.41) is 2.51. The van der Waals surface area contributed by atoms with E-state index in [0.717, 1.165) is 12.1 Å². The Hall–Kier alpha value is -7.16. The molecule has 9 aromatic rings. The van der Waals surface area contributed by atoms with Gasteiger partial charge in [-0.15, -0.1) is 0 Å². The van der Waals surface area contributed by atoms with Crippen LogP contribution in [0.15, 0.2) is 224 Å². The number of aromatic nitrogens is 1. The zero-order valence-electron chi connectivity index (χ0n) is 31.0. The van der Waals surface area contributed by atoms with E-state index in [1.807, 2.05) is 0 Å². The fraction of sp³-hybridized carbons (Fsp3) is 0.0370. The highest BCUT2D eigenvalue weighted by atomic mass is 15.2. The van der Waals surface area contributed by atoms with Crippen LogP contribution in [-0.2, 0) is 0 Å². The Labute approximate surface area is 328 Å². The summed E-state index contributed by atoms with van der Waals surface area (Å²) < 4.78 is 2.41. The van der Waals surface area contributed by atoms with Crippen molar-refractivity contribution in [3.8, 4) is 39.1 Å². The number of hydrogen-bond donors (Lipinski definition) is 0. The van der Waals surface area contributed by atoms with Gasteiger partial charge in [0.15, 0.2) is 0 Å². The standard InChI is InChI=1S/C54H40N2/c1-4-14-39(15-5-1)42-26-32-46(33-27-42)55(47-34-28-43(29-35-47)40-16-6-2-7-17-40)49-21-12-20-45(38-49)50-23-13-25-53-54(50)51-22-10-11-24-52(51)56(53)48-36-30-44(31-37-48)41-18-8-3-9-19-41/h1-34,36-38,47H,35H2. The first kappa shape index (κ1) is 33.4. The maximum Gasteiger partial charge on any atom is 0.0560 e. The van der Waals surface area contributed by atoms with Crippen molar-refractivity contribution in [1.82, 2.24) is 4.57 Å². The molecule has 0 spiro atoms. The van der Waals surface area contributed by atoms with Crippen LogP contribution in [0.5, 0.6) is 0 Å². The third-order valence-corrected chi connectivity index (χ3v) is 11.1. The number of hydrogen-bond acceptors (Lipinski definition) is 1. The van der Waals surface area contributed by atoms with Gasteiger partial charge in [0.25, 0.3) is 0 Å². The van der Waals surface area contributed by atoms with Gasteiger partial charge >= 0.3 is 0 Å². The molecule has 0 amide bonds. The van der Waals surface area contributed by atoms with Crippen molar-refractivity contribution in [2.75, 3.05) is 4.90 Å². The van der Waals surface area contributed by atoms with Gasteiger partial charge in [0.1, 0.15) is 0 Å². The van der Waals surface area contributed by atoms with Crippen molar-refractivity contribution in [3.05, 3.63) is 230 Å². The first-order chi connectivity index (χ1) is 27.8. The molecule has 0 fully saturated rings. The monoisotopic (exact) mass is 716 g/mol. The highest BCUT2D eigenvalue weighted by Crippen LogP contribution is 2.41. The molecule has 10 rings (SSSR count). The van der Waals surface area contributed by atoms with E-state index in [1.54, 1.807) is 0 Å². The number of benzene rings is 8. The van der Waals surface area contributed by atoms with Crippen molar-refractivity contribution in [2.45, 2.75) is 12.5 Å². The van der Waals surface area contributed by atoms with Crippen LogP contribution in [-0.4, -0.2) is 10.6 Å². The Bertz CT molecular complexity index is 2850. The van der Waals surface area contributed by atoms with Gasteiger partial charge in [-0.2, -0.15) is 0 Å². The van der Waals surface area contributed by atoms with Crippen molar-refractivity contribution < 1.29 is 0 Å². The first-order valence-corrected chi connectivity index (χ1v) is 19.5. The fourth-order valence-electron chi connectivity index (χ4n) is 8.42. The number of fused-ring (bicyclic) bond motifs is 3. The second kappa shape index (κ2) is 14.6. The maximum atomic E-state index is 2.50. The van der Waals surface area contributed by atoms with Gasteiger partial charge in [-0.1, -0.05) is 176 Å². The number of nitrogens with zero attached hydrogens (tertiary/aromatic N) is 2. The molecule has 0 saturated heterocycles. The minimum atomic E-state index is 0.150. The highest BCUT2D eigenvalue weighted by Gasteiger charge is 2.22. The summed E-state index contributed by atoms with van der Waals surface area (Å²) in [6.45, 7) is 0. The molecule has 0 N–H and O–H groups in total. The Balaban J connectivity index is 1.07. The summed E-state index contributed by atoms with van der Waals surface area (Å²) in [6.07, 6.45) is 7.95. The molecular weight excluding hydrogens is 677 g/mol. The van der Waals surface area contributed by atoms with Crippen LogP contribution in [0.25, 0.3) is 66.4 Å². The lowest BCUT2D eigenvalue weighted by atomic mass is 9.94. The Morgan fingerprint density at radius 3 is 1.64 bits per heavy atom. The van der Waals surface area contributed by atoms with Crippen LogP contribution in [0.4, 0.5) is 11.4 Å². The molecule has 2 heteroatoms. The molecule has 0 saturated carbocycles.